The zero-order valence-corrected chi connectivity index (χ0v) is 18.0. The highest BCUT2D eigenvalue weighted by Gasteiger charge is 2.57. The molecule has 2 aromatic heterocycles. The van der Waals surface area contributed by atoms with Crippen LogP contribution >= 0.6 is 11.6 Å². The van der Waals surface area contributed by atoms with Crippen molar-refractivity contribution >= 4 is 28.9 Å². The molecule has 32 heavy (non-hydrogen) atoms. The summed E-state index contributed by atoms with van der Waals surface area (Å²) in [7, 11) is 0. The second-order valence-corrected chi connectivity index (χ2v) is 9.85. The Morgan fingerprint density at radius 3 is 2.44 bits per heavy atom. The van der Waals surface area contributed by atoms with Gasteiger partial charge in [-0.2, -0.15) is 18.3 Å². The molecule has 3 aliphatic carbocycles. The minimum atomic E-state index is -4.64. The van der Waals surface area contributed by atoms with Gasteiger partial charge < -0.3 is 9.80 Å². The highest BCUT2D eigenvalue weighted by molar-refractivity contribution is 6.36. The lowest BCUT2D eigenvalue weighted by molar-refractivity contribution is -0.142. The second-order valence-electron chi connectivity index (χ2n) is 9.47. The van der Waals surface area contributed by atoms with Gasteiger partial charge in [0.15, 0.2) is 5.69 Å². The lowest BCUT2D eigenvalue weighted by Gasteiger charge is -2.35. The number of carbonyl (C=O) groups is 2. The molecule has 6 nitrogen and oxygen atoms in total. The summed E-state index contributed by atoms with van der Waals surface area (Å²) >= 11 is 6.39. The topological polar surface area (TPSA) is 57.9 Å². The summed E-state index contributed by atoms with van der Waals surface area (Å²) in [4.78, 5) is 29.1. The van der Waals surface area contributed by atoms with Crippen LogP contribution in [0.25, 0.3) is 5.52 Å². The Bertz CT molecular complexity index is 1130. The van der Waals surface area contributed by atoms with Gasteiger partial charge in [0.05, 0.1) is 10.5 Å². The van der Waals surface area contributed by atoms with Crippen molar-refractivity contribution in [2.45, 2.75) is 50.2 Å². The Labute approximate surface area is 187 Å². The van der Waals surface area contributed by atoms with E-state index in [0.717, 1.165) is 31.7 Å². The van der Waals surface area contributed by atoms with E-state index in [9.17, 15) is 22.8 Å². The van der Waals surface area contributed by atoms with Crippen LogP contribution in [-0.2, 0) is 11.0 Å². The number of aromatic nitrogens is 2. The smallest absolute Gasteiger partial charge is 0.336 e. The maximum atomic E-state index is 13.7. The van der Waals surface area contributed by atoms with E-state index in [1.54, 1.807) is 6.07 Å². The van der Waals surface area contributed by atoms with Crippen molar-refractivity contribution in [3.8, 4) is 0 Å². The number of fused-ring (bicyclic) bond motifs is 2. The number of pyridine rings is 1. The maximum Gasteiger partial charge on any atom is 0.433 e. The van der Waals surface area contributed by atoms with E-state index >= 15 is 0 Å². The molecule has 3 saturated carbocycles. The average Bonchev–Trinajstić information content (AvgIpc) is 3.64. The van der Waals surface area contributed by atoms with Crippen molar-refractivity contribution in [2.75, 3.05) is 19.6 Å². The Hall–Kier alpha value is -2.29. The molecule has 4 aliphatic rings. The maximum absolute atomic E-state index is 13.7. The fourth-order valence-corrected chi connectivity index (χ4v) is 5.95. The van der Waals surface area contributed by atoms with E-state index in [1.807, 2.05) is 4.90 Å². The van der Waals surface area contributed by atoms with Gasteiger partial charge >= 0.3 is 6.18 Å². The highest BCUT2D eigenvalue weighted by atomic mass is 35.5. The minimum absolute atomic E-state index is 0.0718. The van der Waals surface area contributed by atoms with Gasteiger partial charge in [-0.25, -0.2) is 4.52 Å². The molecular weight excluding hydrogens is 445 g/mol. The van der Waals surface area contributed by atoms with Crippen LogP contribution in [0.5, 0.6) is 0 Å². The summed E-state index contributed by atoms with van der Waals surface area (Å²) in [6.45, 7) is 0.662. The van der Waals surface area contributed by atoms with E-state index < -0.39 is 17.8 Å². The van der Waals surface area contributed by atoms with Crippen LogP contribution in [0.15, 0.2) is 12.1 Å². The minimum Gasteiger partial charge on any atom is -0.336 e. The van der Waals surface area contributed by atoms with Crippen molar-refractivity contribution in [3.05, 3.63) is 34.1 Å². The molecule has 0 unspecified atom stereocenters. The van der Waals surface area contributed by atoms with E-state index in [4.69, 9.17) is 11.6 Å². The third kappa shape index (κ3) is 3.11. The molecule has 6 rings (SSSR count). The first-order valence-electron chi connectivity index (χ1n) is 11.1. The Morgan fingerprint density at radius 1 is 1.09 bits per heavy atom. The zero-order valence-electron chi connectivity index (χ0n) is 17.2. The highest BCUT2D eigenvalue weighted by Crippen LogP contribution is 2.55. The first-order valence-corrected chi connectivity index (χ1v) is 11.5. The number of amides is 2. The van der Waals surface area contributed by atoms with Gasteiger partial charge in [0.25, 0.3) is 5.91 Å². The summed E-state index contributed by atoms with van der Waals surface area (Å²) in [6, 6.07) is 2.98. The molecule has 3 heterocycles. The van der Waals surface area contributed by atoms with Crippen LogP contribution in [0.3, 0.4) is 0 Å². The molecule has 0 bridgehead atoms. The van der Waals surface area contributed by atoms with Gasteiger partial charge in [0, 0.05) is 19.1 Å². The Balaban J connectivity index is 1.28. The summed E-state index contributed by atoms with van der Waals surface area (Å²) < 4.78 is 41.8. The molecule has 1 aliphatic heterocycles. The molecule has 10 heteroatoms. The fourth-order valence-electron chi connectivity index (χ4n) is 5.70. The summed E-state index contributed by atoms with van der Waals surface area (Å²) in [5.74, 6) is 0.546. The van der Waals surface area contributed by atoms with E-state index in [-0.39, 0.29) is 34.6 Å². The van der Waals surface area contributed by atoms with Crippen LogP contribution in [0.1, 0.15) is 59.8 Å². The van der Waals surface area contributed by atoms with E-state index in [2.05, 4.69) is 5.10 Å². The number of halogens is 4. The zero-order chi connectivity index (χ0) is 22.4. The Kier molecular flexibility index (Phi) is 4.35. The molecule has 0 aromatic carbocycles. The number of alkyl halides is 3. The number of hydrogen-bond acceptors (Lipinski definition) is 3. The molecule has 0 spiro atoms. The standard InChI is InChI=1S/C22H22ClF3N4O2/c23-18-15-8-12(11-4-5-11)9-16(22(24,25)26)30(15)27-19(18)21(32)28-6-7-29(17(31)10-28)20-13-2-1-3-14(13)20/h8-9,11,13-14,20H,1-7,10H2/t13-,14+,20+. The van der Waals surface area contributed by atoms with Crippen molar-refractivity contribution in [1.29, 1.82) is 0 Å². The van der Waals surface area contributed by atoms with Crippen molar-refractivity contribution in [3.63, 3.8) is 0 Å². The van der Waals surface area contributed by atoms with Gasteiger partial charge in [-0.05, 0) is 61.1 Å². The van der Waals surface area contributed by atoms with Crippen molar-refractivity contribution in [1.82, 2.24) is 19.4 Å². The van der Waals surface area contributed by atoms with Crippen LogP contribution in [-0.4, -0.2) is 56.9 Å². The third-order valence-corrected chi connectivity index (χ3v) is 7.88. The molecule has 0 radical (unpaired) electrons. The van der Waals surface area contributed by atoms with Gasteiger partial charge in [-0.15, -0.1) is 0 Å². The lowest BCUT2D eigenvalue weighted by atomic mass is 10.1. The summed E-state index contributed by atoms with van der Waals surface area (Å²) in [5.41, 5.74) is -0.555. The number of nitrogens with zero attached hydrogens (tertiary/aromatic N) is 4. The monoisotopic (exact) mass is 466 g/mol. The van der Waals surface area contributed by atoms with Crippen molar-refractivity contribution in [2.24, 2.45) is 11.8 Å². The molecule has 3 atom stereocenters. The van der Waals surface area contributed by atoms with Crippen molar-refractivity contribution < 1.29 is 22.8 Å². The molecule has 0 N–H and O–H groups in total. The first-order chi connectivity index (χ1) is 15.2. The predicted molar refractivity (Wildman–Crippen MR) is 109 cm³/mol. The van der Waals surface area contributed by atoms with Crippen LogP contribution in [0, 0.1) is 11.8 Å². The molecule has 2 amide bonds. The number of carbonyl (C=O) groups excluding carboxylic acids is 2. The molecule has 170 valence electrons. The quantitative estimate of drug-likeness (QED) is 0.688. The van der Waals surface area contributed by atoms with Gasteiger partial charge in [0.2, 0.25) is 5.91 Å². The number of hydrogen-bond donors (Lipinski definition) is 0. The third-order valence-electron chi connectivity index (χ3n) is 7.50. The van der Waals surface area contributed by atoms with Gasteiger partial charge in [-0.3, -0.25) is 9.59 Å². The predicted octanol–water partition coefficient (Wildman–Crippen LogP) is 3.97. The van der Waals surface area contributed by atoms with Crippen LogP contribution < -0.4 is 0 Å². The SMILES string of the molecule is O=C(c1nn2c(C(F)(F)F)cc(C3CC3)cc2c1Cl)N1CCN([C@H]2[C@@H]3CCC[C@@H]32)C(=O)C1. The number of piperazine rings is 1. The van der Waals surface area contributed by atoms with E-state index in [0.29, 0.717) is 41.0 Å². The average molecular weight is 467 g/mol. The second kappa shape index (κ2) is 6.85. The Morgan fingerprint density at radius 2 is 1.81 bits per heavy atom. The molecular formula is C22H22ClF3N4O2. The number of rotatable bonds is 3. The lowest BCUT2D eigenvalue weighted by Crippen LogP contribution is -2.53. The molecule has 4 fully saturated rings. The summed E-state index contributed by atoms with van der Waals surface area (Å²) in [6.07, 6.45) is 0.558. The first kappa shape index (κ1) is 20.3. The van der Waals surface area contributed by atoms with Crippen LogP contribution in [0.2, 0.25) is 5.02 Å². The normalized spacial score (nSPS) is 27.9. The molecule has 2 aromatic rings. The largest absolute Gasteiger partial charge is 0.433 e. The van der Waals surface area contributed by atoms with Gasteiger partial charge in [-0.1, -0.05) is 18.0 Å². The molecule has 1 saturated heterocycles. The van der Waals surface area contributed by atoms with Gasteiger partial charge in [0.1, 0.15) is 12.2 Å². The fraction of sp³-hybridized carbons (Fsp3) is 0.591. The summed E-state index contributed by atoms with van der Waals surface area (Å²) in [5, 5.41) is 3.86. The van der Waals surface area contributed by atoms with Crippen LogP contribution in [0.4, 0.5) is 13.2 Å². The van der Waals surface area contributed by atoms with E-state index in [1.165, 1.54) is 11.3 Å².